The second-order valence-electron chi connectivity index (χ2n) is 14.5. The van der Waals surface area contributed by atoms with E-state index in [2.05, 4.69) is 21.4 Å². The molecule has 13 heteroatoms. The molecule has 0 unspecified atom stereocenters. The van der Waals surface area contributed by atoms with Gasteiger partial charge >= 0.3 is 0 Å². The Balaban J connectivity index is 1.44. The van der Waals surface area contributed by atoms with E-state index < -0.39 is 64.2 Å². The van der Waals surface area contributed by atoms with Crippen LogP contribution in [0.2, 0.25) is 5.02 Å². The minimum atomic E-state index is -1.56. The van der Waals surface area contributed by atoms with Crippen molar-refractivity contribution >= 4 is 46.7 Å². The summed E-state index contributed by atoms with van der Waals surface area (Å²) in [6, 6.07) is 3.86. The summed E-state index contributed by atoms with van der Waals surface area (Å²) >= 11 is 6.22. The molecule has 1 spiro atoms. The SMILES string of the molecule is CCC[C@H](NC(=O)[C@@H]1C[C@]2(C=C(c3cccc(Cl)c3)NO2)CN1C(=O)[C@@H](NC(=O)C1(O)CCCC1)C(C)(C)C)C(=O)C(=O)NC1CC1. The van der Waals surface area contributed by atoms with Gasteiger partial charge in [-0.25, -0.2) is 0 Å². The zero-order chi connectivity index (χ0) is 34.1. The van der Waals surface area contributed by atoms with Crippen LogP contribution in [0.5, 0.6) is 0 Å². The van der Waals surface area contributed by atoms with Crippen LogP contribution in [-0.2, 0) is 28.8 Å². The molecule has 0 radical (unpaired) electrons. The van der Waals surface area contributed by atoms with Gasteiger partial charge in [-0.3, -0.25) is 34.3 Å². The third-order valence-electron chi connectivity index (χ3n) is 9.43. The molecule has 4 atom stereocenters. The number of Topliss-reactive ketones (excluding diaryl/α,β-unsaturated/α-hetero) is 1. The number of nitrogens with zero attached hydrogens (tertiary/aromatic N) is 1. The van der Waals surface area contributed by atoms with E-state index in [9.17, 15) is 29.1 Å². The molecule has 4 amide bonds. The summed E-state index contributed by atoms with van der Waals surface area (Å²) < 4.78 is 0. The van der Waals surface area contributed by atoms with Crippen LogP contribution < -0.4 is 21.4 Å². The number of carbonyl (C=O) groups excluding carboxylic acids is 5. The lowest BCUT2D eigenvalue weighted by Crippen LogP contribution is -2.61. The van der Waals surface area contributed by atoms with Crippen LogP contribution in [-0.4, -0.2) is 81.3 Å². The number of nitrogens with one attached hydrogen (secondary N) is 4. The quantitative estimate of drug-likeness (QED) is 0.224. The number of carbonyl (C=O) groups is 5. The number of benzene rings is 1. The largest absolute Gasteiger partial charge is 0.380 e. The summed E-state index contributed by atoms with van der Waals surface area (Å²) in [5, 5.41) is 19.8. The first kappa shape index (κ1) is 34.8. The van der Waals surface area contributed by atoms with Gasteiger partial charge in [0.1, 0.15) is 23.3 Å². The summed E-state index contributed by atoms with van der Waals surface area (Å²) in [4.78, 5) is 75.1. The lowest BCUT2D eigenvalue weighted by Gasteiger charge is -2.37. The van der Waals surface area contributed by atoms with Gasteiger partial charge < -0.3 is 26.0 Å². The van der Waals surface area contributed by atoms with E-state index in [0.29, 0.717) is 42.8 Å². The molecular weight excluding hydrogens is 626 g/mol. The molecule has 2 aliphatic heterocycles. The second kappa shape index (κ2) is 13.6. The van der Waals surface area contributed by atoms with Crippen LogP contribution in [0.4, 0.5) is 0 Å². The summed E-state index contributed by atoms with van der Waals surface area (Å²) in [5.74, 6) is -3.22. The molecule has 256 valence electrons. The first-order chi connectivity index (χ1) is 22.1. The molecule has 3 fully saturated rings. The fourth-order valence-corrected chi connectivity index (χ4v) is 6.75. The van der Waals surface area contributed by atoms with E-state index >= 15 is 0 Å². The number of ketones is 1. The van der Waals surface area contributed by atoms with Crippen molar-refractivity contribution in [3.63, 3.8) is 0 Å². The van der Waals surface area contributed by atoms with E-state index in [-0.39, 0.29) is 25.4 Å². The average molecular weight is 672 g/mol. The monoisotopic (exact) mass is 671 g/mol. The fraction of sp³-hybridized carbons (Fsp3) is 0.618. The van der Waals surface area contributed by atoms with E-state index in [0.717, 1.165) is 18.4 Å². The molecule has 47 heavy (non-hydrogen) atoms. The van der Waals surface area contributed by atoms with Crippen molar-refractivity contribution < 1.29 is 33.9 Å². The Morgan fingerprint density at radius 1 is 1.13 bits per heavy atom. The zero-order valence-electron chi connectivity index (χ0n) is 27.5. The normalized spacial score (nSPS) is 24.7. The third-order valence-corrected chi connectivity index (χ3v) is 9.67. The summed E-state index contributed by atoms with van der Waals surface area (Å²) in [6.07, 6.45) is 6.27. The zero-order valence-corrected chi connectivity index (χ0v) is 28.2. The molecule has 5 rings (SSSR count). The Labute approximate surface area is 280 Å². The van der Waals surface area contributed by atoms with Crippen LogP contribution >= 0.6 is 11.6 Å². The third kappa shape index (κ3) is 7.81. The maximum Gasteiger partial charge on any atom is 0.289 e. The van der Waals surface area contributed by atoms with Crippen LogP contribution in [0.25, 0.3) is 5.70 Å². The van der Waals surface area contributed by atoms with Crippen molar-refractivity contribution in [3.8, 4) is 0 Å². The topological polar surface area (TPSA) is 166 Å². The molecule has 1 aromatic rings. The number of aliphatic hydroxyl groups is 1. The van der Waals surface area contributed by atoms with Gasteiger partial charge in [-0.15, -0.1) is 0 Å². The standard InChI is InChI=1S/C34H46ClN5O7/c1-5-9-23(26(41)29(43)36-22-12-13-22)37-28(42)25-18-33(17-24(39-47-33)20-10-8-11-21(35)16-20)19-40(25)30(44)27(32(2,3)4)38-31(45)34(46)14-6-7-15-34/h8,10-11,16-17,22-23,25,27,39,46H,5-7,9,12-15,18-19H2,1-4H3,(H,36,43)(H,37,42)(H,38,45)/t23-,25-,27+,33+/m0/s1. The van der Waals surface area contributed by atoms with Crippen molar-refractivity contribution in [1.82, 2.24) is 26.3 Å². The predicted octanol–water partition coefficient (Wildman–Crippen LogP) is 2.52. The molecule has 0 bridgehead atoms. The Morgan fingerprint density at radius 3 is 2.45 bits per heavy atom. The van der Waals surface area contributed by atoms with E-state index in [4.69, 9.17) is 16.4 Å². The minimum Gasteiger partial charge on any atom is -0.380 e. The number of rotatable bonds is 11. The molecule has 2 heterocycles. The number of halogens is 1. The molecule has 2 saturated carbocycles. The maximum absolute atomic E-state index is 14.5. The Morgan fingerprint density at radius 2 is 1.83 bits per heavy atom. The van der Waals surface area contributed by atoms with Gasteiger partial charge in [-0.05, 0) is 68.6 Å². The fourth-order valence-electron chi connectivity index (χ4n) is 6.56. The van der Waals surface area contributed by atoms with Crippen molar-refractivity contribution in [2.24, 2.45) is 5.41 Å². The first-order valence-corrected chi connectivity index (χ1v) is 16.9. The van der Waals surface area contributed by atoms with Crippen molar-refractivity contribution in [2.45, 2.75) is 121 Å². The average Bonchev–Trinajstić information content (AvgIpc) is 3.38. The summed E-state index contributed by atoms with van der Waals surface area (Å²) in [7, 11) is 0. The molecular formula is C34H46ClN5O7. The smallest absolute Gasteiger partial charge is 0.289 e. The molecule has 4 aliphatic rings. The Kier molecular flexibility index (Phi) is 10.1. The molecule has 1 aromatic carbocycles. The van der Waals surface area contributed by atoms with Crippen molar-refractivity contribution in [3.05, 3.63) is 40.9 Å². The molecule has 0 aromatic heterocycles. The highest BCUT2D eigenvalue weighted by Crippen LogP contribution is 2.39. The first-order valence-electron chi connectivity index (χ1n) is 16.6. The van der Waals surface area contributed by atoms with Crippen molar-refractivity contribution in [2.75, 3.05) is 6.54 Å². The number of amides is 4. The van der Waals surface area contributed by atoms with Gasteiger partial charge in [0.2, 0.25) is 17.6 Å². The number of hydrogen-bond acceptors (Lipinski definition) is 8. The Bertz CT molecular complexity index is 1450. The number of hydrogen-bond donors (Lipinski definition) is 5. The van der Waals surface area contributed by atoms with Gasteiger partial charge in [0.25, 0.3) is 11.8 Å². The lowest BCUT2D eigenvalue weighted by atomic mass is 9.84. The van der Waals surface area contributed by atoms with Gasteiger partial charge in [-0.1, -0.05) is 57.8 Å². The maximum atomic E-state index is 14.5. The highest BCUT2D eigenvalue weighted by molar-refractivity contribution is 6.38. The lowest BCUT2D eigenvalue weighted by molar-refractivity contribution is -0.149. The van der Waals surface area contributed by atoms with E-state index in [1.165, 1.54) is 4.90 Å². The highest BCUT2D eigenvalue weighted by atomic mass is 35.5. The van der Waals surface area contributed by atoms with Gasteiger partial charge in [0.05, 0.1) is 18.3 Å². The van der Waals surface area contributed by atoms with Crippen LogP contribution in [0.3, 0.4) is 0 Å². The van der Waals surface area contributed by atoms with Crippen molar-refractivity contribution in [1.29, 1.82) is 0 Å². The summed E-state index contributed by atoms with van der Waals surface area (Å²) in [5.41, 5.74) is 0.807. The highest BCUT2D eigenvalue weighted by Gasteiger charge is 2.54. The van der Waals surface area contributed by atoms with Gasteiger partial charge in [-0.2, -0.15) is 0 Å². The summed E-state index contributed by atoms with van der Waals surface area (Å²) in [6.45, 7) is 7.21. The molecule has 5 N–H and O–H groups in total. The second-order valence-corrected chi connectivity index (χ2v) is 14.9. The van der Waals surface area contributed by atoms with Gasteiger partial charge in [0.15, 0.2) is 0 Å². The number of likely N-dealkylation sites (tertiary alicyclic amines) is 1. The van der Waals surface area contributed by atoms with Crippen LogP contribution in [0.15, 0.2) is 30.3 Å². The minimum absolute atomic E-state index is 0.0217. The van der Waals surface area contributed by atoms with Gasteiger partial charge in [0, 0.05) is 23.0 Å². The van der Waals surface area contributed by atoms with E-state index in [1.807, 2.05) is 19.1 Å². The molecule has 12 nitrogen and oxygen atoms in total. The number of hydroxylamine groups is 1. The van der Waals surface area contributed by atoms with E-state index in [1.54, 1.807) is 39.0 Å². The predicted molar refractivity (Wildman–Crippen MR) is 174 cm³/mol. The van der Waals surface area contributed by atoms with Crippen LogP contribution in [0, 0.1) is 5.41 Å². The molecule has 2 aliphatic carbocycles. The Hall–Kier alpha value is -3.48. The van der Waals surface area contributed by atoms with Crippen LogP contribution in [0.1, 0.15) is 91.0 Å². The molecule has 1 saturated heterocycles.